The fraction of sp³-hybridized carbons (Fsp3) is 0.579. The van der Waals surface area contributed by atoms with Gasteiger partial charge in [0.2, 0.25) is 5.91 Å². The van der Waals surface area contributed by atoms with Crippen molar-refractivity contribution in [2.75, 3.05) is 30.4 Å². The van der Waals surface area contributed by atoms with E-state index in [2.05, 4.69) is 22.9 Å². The molecular weight excluding hydrogens is 318 g/mol. The Morgan fingerprint density at radius 1 is 1.16 bits per heavy atom. The van der Waals surface area contributed by atoms with E-state index in [1.807, 2.05) is 19.1 Å². The van der Waals surface area contributed by atoms with E-state index in [4.69, 9.17) is 4.74 Å². The molecule has 0 aromatic heterocycles. The molecule has 1 saturated carbocycles. The molecule has 1 fully saturated rings. The van der Waals surface area contributed by atoms with Crippen LogP contribution in [0.4, 0.5) is 16.2 Å². The van der Waals surface area contributed by atoms with Crippen molar-refractivity contribution >= 4 is 23.3 Å². The maximum absolute atomic E-state index is 12.0. The number of nitrogens with one attached hydrogen (secondary N) is 3. The SMILES string of the molecule is CCCCOCCCNC(=O)Nc1cc(NC(=O)C2CC2)ccc1C. The highest BCUT2D eigenvalue weighted by Gasteiger charge is 2.29. The highest BCUT2D eigenvalue weighted by atomic mass is 16.5. The summed E-state index contributed by atoms with van der Waals surface area (Å²) in [6.45, 7) is 6.05. The molecule has 0 radical (unpaired) electrons. The molecule has 0 saturated heterocycles. The summed E-state index contributed by atoms with van der Waals surface area (Å²) in [6, 6.07) is 5.29. The predicted molar refractivity (Wildman–Crippen MR) is 99.9 cm³/mol. The standard InChI is InChI=1S/C19H29N3O3/c1-3-4-11-25-12-5-10-20-19(24)22-17-13-16(9-6-14(17)2)21-18(23)15-7-8-15/h6,9,13,15H,3-5,7-8,10-12H2,1-2H3,(H,21,23)(H2,20,22,24). The molecule has 0 heterocycles. The zero-order chi connectivity index (χ0) is 18.1. The molecule has 25 heavy (non-hydrogen) atoms. The first-order valence-electron chi connectivity index (χ1n) is 9.14. The van der Waals surface area contributed by atoms with Gasteiger partial charge in [0.25, 0.3) is 0 Å². The van der Waals surface area contributed by atoms with Crippen LogP contribution in [0.1, 0.15) is 44.6 Å². The van der Waals surface area contributed by atoms with Gasteiger partial charge in [-0.3, -0.25) is 4.79 Å². The van der Waals surface area contributed by atoms with Gasteiger partial charge >= 0.3 is 6.03 Å². The first kappa shape index (κ1) is 19.2. The highest BCUT2D eigenvalue weighted by molar-refractivity contribution is 5.96. The van der Waals surface area contributed by atoms with E-state index in [1.165, 1.54) is 0 Å². The van der Waals surface area contributed by atoms with Crippen LogP contribution < -0.4 is 16.0 Å². The highest BCUT2D eigenvalue weighted by Crippen LogP contribution is 2.30. The molecular formula is C19H29N3O3. The molecule has 6 heteroatoms. The van der Waals surface area contributed by atoms with Gasteiger partial charge in [0.15, 0.2) is 0 Å². The summed E-state index contributed by atoms with van der Waals surface area (Å²) in [6.07, 6.45) is 4.91. The van der Waals surface area contributed by atoms with Gasteiger partial charge in [0.05, 0.1) is 0 Å². The third-order valence-electron chi connectivity index (χ3n) is 4.09. The maximum Gasteiger partial charge on any atom is 0.319 e. The minimum absolute atomic E-state index is 0.0577. The average Bonchev–Trinajstić information content (AvgIpc) is 3.42. The van der Waals surface area contributed by atoms with Crippen molar-refractivity contribution in [2.24, 2.45) is 5.92 Å². The molecule has 6 nitrogen and oxygen atoms in total. The Kier molecular flexibility index (Phi) is 7.73. The molecule has 0 unspecified atom stereocenters. The Labute approximate surface area is 149 Å². The number of ether oxygens (including phenoxy) is 1. The molecule has 3 amide bonds. The van der Waals surface area contributed by atoms with Gasteiger partial charge in [0, 0.05) is 37.1 Å². The number of carbonyl (C=O) groups is 2. The first-order valence-corrected chi connectivity index (χ1v) is 9.14. The molecule has 0 atom stereocenters. The number of aryl methyl sites for hydroxylation is 1. The number of benzene rings is 1. The summed E-state index contributed by atoms with van der Waals surface area (Å²) in [7, 11) is 0. The zero-order valence-electron chi connectivity index (χ0n) is 15.2. The van der Waals surface area contributed by atoms with Crippen LogP contribution in [0.25, 0.3) is 0 Å². The van der Waals surface area contributed by atoms with Crippen LogP contribution in [0.5, 0.6) is 0 Å². The van der Waals surface area contributed by atoms with Crippen LogP contribution in [0, 0.1) is 12.8 Å². The topological polar surface area (TPSA) is 79.5 Å². The van der Waals surface area contributed by atoms with Crippen molar-refractivity contribution in [3.05, 3.63) is 23.8 Å². The second kappa shape index (κ2) is 10.0. The Hall–Kier alpha value is -2.08. The van der Waals surface area contributed by atoms with Crippen LogP contribution >= 0.6 is 0 Å². The molecule has 0 spiro atoms. The maximum atomic E-state index is 12.0. The Bertz CT molecular complexity index is 585. The van der Waals surface area contributed by atoms with E-state index in [0.29, 0.717) is 24.5 Å². The van der Waals surface area contributed by atoms with Crippen LogP contribution in [0.15, 0.2) is 18.2 Å². The second-order valence-electron chi connectivity index (χ2n) is 6.49. The molecule has 1 aromatic rings. The number of urea groups is 1. The number of unbranched alkanes of at least 4 members (excludes halogenated alkanes) is 1. The lowest BCUT2D eigenvalue weighted by Gasteiger charge is -2.12. The monoisotopic (exact) mass is 347 g/mol. The minimum atomic E-state index is -0.248. The van der Waals surface area contributed by atoms with Gasteiger partial charge in [-0.2, -0.15) is 0 Å². The fourth-order valence-electron chi connectivity index (χ4n) is 2.32. The molecule has 138 valence electrons. The van der Waals surface area contributed by atoms with Crippen LogP contribution in [0.2, 0.25) is 0 Å². The summed E-state index contributed by atoms with van der Waals surface area (Å²) in [5.74, 6) is 0.211. The lowest BCUT2D eigenvalue weighted by atomic mass is 10.1. The largest absolute Gasteiger partial charge is 0.381 e. The third-order valence-corrected chi connectivity index (χ3v) is 4.09. The van der Waals surface area contributed by atoms with Crippen molar-refractivity contribution in [3.8, 4) is 0 Å². The van der Waals surface area contributed by atoms with E-state index in [0.717, 1.165) is 44.3 Å². The fourth-order valence-corrected chi connectivity index (χ4v) is 2.32. The van der Waals surface area contributed by atoms with E-state index < -0.39 is 0 Å². The molecule has 0 aliphatic heterocycles. The van der Waals surface area contributed by atoms with Crippen LogP contribution in [-0.4, -0.2) is 31.7 Å². The summed E-state index contributed by atoms with van der Waals surface area (Å²) >= 11 is 0. The first-order chi connectivity index (χ1) is 12.1. The Morgan fingerprint density at radius 3 is 2.64 bits per heavy atom. The Morgan fingerprint density at radius 2 is 1.92 bits per heavy atom. The summed E-state index contributed by atoms with van der Waals surface area (Å²) in [5.41, 5.74) is 2.36. The number of rotatable bonds is 10. The van der Waals surface area contributed by atoms with Crippen LogP contribution in [-0.2, 0) is 9.53 Å². The zero-order valence-corrected chi connectivity index (χ0v) is 15.2. The molecule has 2 rings (SSSR count). The Balaban J connectivity index is 1.72. The van der Waals surface area contributed by atoms with E-state index in [9.17, 15) is 9.59 Å². The van der Waals surface area contributed by atoms with Crippen molar-refractivity contribution in [2.45, 2.75) is 46.0 Å². The summed E-state index contributed by atoms with van der Waals surface area (Å²) in [5, 5.41) is 8.55. The van der Waals surface area contributed by atoms with Crippen molar-refractivity contribution in [1.82, 2.24) is 5.32 Å². The van der Waals surface area contributed by atoms with Gasteiger partial charge < -0.3 is 20.7 Å². The van der Waals surface area contributed by atoms with Gasteiger partial charge in [-0.25, -0.2) is 4.79 Å². The lowest BCUT2D eigenvalue weighted by molar-refractivity contribution is -0.117. The molecule has 1 aliphatic carbocycles. The molecule has 0 bridgehead atoms. The van der Waals surface area contributed by atoms with Gasteiger partial charge in [-0.1, -0.05) is 19.4 Å². The van der Waals surface area contributed by atoms with Gasteiger partial charge in [-0.15, -0.1) is 0 Å². The molecule has 3 N–H and O–H groups in total. The average molecular weight is 347 g/mol. The van der Waals surface area contributed by atoms with Gasteiger partial charge in [0.1, 0.15) is 0 Å². The number of hydrogen-bond donors (Lipinski definition) is 3. The second-order valence-corrected chi connectivity index (χ2v) is 6.49. The van der Waals surface area contributed by atoms with Crippen molar-refractivity contribution in [3.63, 3.8) is 0 Å². The normalized spacial score (nSPS) is 13.4. The van der Waals surface area contributed by atoms with Crippen LogP contribution in [0.3, 0.4) is 0 Å². The van der Waals surface area contributed by atoms with Crippen molar-refractivity contribution in [1.29, 1.82) is 0 Å². The number of anilines is 2. The third kappa shape index (κ3) is 7.13. The lowest BCUT2D eigenvalue weighted by Crippen LogP contribution is -2.30. The van der Waals surface area contributed by atoms with E-state index >= 15 is 0 Å². The van der Waals surface area contributed by atoms with E-state index in [1.54, 1.807) is 6.07 Å². The number of carbonyl (C=O) groups excluding carboxylic acids is 2. The number of hydrogen-bond acceptors (Lipinski definition) is 3. The smallest absolute Gasteiger partial charge is 0.319 e. The number of amides is 3. The predicted octanol–water partition coefficient (Wildman–Crippen LogP) is 3.67. The molecule has 1 aliphatic rings. The summed E-state index contributed by atoms with van der Waals surface area (Å²) < 4.78 is 5.46. The van der Waals surface area contributed by atoms with Crippen molar-refractivity contribution < 1.29 is 14.3 Å². The van der Waals surface area contributed by atoms with Gasteiger partial charge in [-0.05, 0) is 50.3 Å². The molecule has 1 aromatic carbocycles. The quantitative estimate of drug-likeness (QED) is 0.565. The summed E-state index contributed by atoms with van der Waals surface area (Å²) in [4.78, 5) is 23.8. The minimum Gasteiger partial charge on any atom is -0.381 e. The van der Waals surface area contributed by atoms with E-state index in [-0.39, 0.29) is 17.9 Å².